The van der Waals surface area contributed by atoms with Gasteiger partial charge in [-0.15, -0.1) is 0 Å². The van der Waals surface area contributed by atoms with Gasteiger partial charge in [0.1, 0.15) is 11.6 Å². The molecule has 0 aliphatic heterocycles. The van der Waals surface area contributed by atoms with E-state index in [0.717, 1.165) is 34.1 Å². The number of aromatic amines is 1. The predicted octanol–water partition coefficient (Wildman–Crippen LogP) is 4.62. The Morgan fingerprint density at radius 3 is 2.43 bits per heavy atom. The first-order valence-corrected chi connectivity index (χ1v) is 10.5. The van der Waals surface area contributed by atoms with Gasteiger partial charge in [-0.3, -0.25) is 9.59 Å². The van der Waals surface area contributed by atoms with Gasteiger partial charge in [0.15, 0.2) is 5.16 Å². The highest BCUT2D eigenvalue weighted by Crippen LogP contribution is 2.25. The second kappa shape index (κ2) is 9.16. The summed E-state index contributed by atoms with van der Waals surface area (Å²) in [4.78, 5) is 31.7. The molecule has 1 heterocycles. The fourth-order valence-corrected chi connectivity index (χ4v) is 3.91. The summed E-state index contributed by atoms with van der Waals surface area (Å²) in [5.41, 5.74) is 4.11. The predicted molar refractivity (Wildman–Crippen MR) is 120 cm³/mol. The zero-order valence-electron chi connectivity index (χ0n) is 16.7. The van der Waals surface area contributed by atoms with Crippen LogP contribution in [0.4, 0.5) is 5.69 Å². The number of aryl methyl sites for hydroxylation is 3. The van der Waals surface area contributed by atoms with Crippen LogP contribution in [0.1, 0.15) is 22.3 Å². The van der Waals surface area contributed by atoms with Gasteiger partial charge in [0, 0.05) is 16.3 Å². The normalized spacial score (nSPS) is 10.5. The summed E-state index contributed by atoms with van der Waals surface area (Å²) in [5, 5.41) is 13.1. The molecule has 2 aromatic carbocycles. The van der Waals surface area contributed by atoms with E-state index >= 15 is 0 Å². The Balaban J connectivity index is 1.81. The van der Waals surface area contributed by atoms with Gasteiger partial charge in [0.25, 0.3) is 5.56 Å². The van der Waals surface area contributed by atoms with Gasteiger partial charge in [-0.1, -0.05) is 53.2 Å². The van der Waals surface area contributed by atoms with E-state index in [-0.39, 0.29) is 28.1 Å². The van der Waals surface area contributed by atoms with Crippen molar-refractivity contribution in [3.63, 3.8) is 0 Å². The van der Waals surface area contributed by atoms with E-state index in [1.807, 2.05) is 39.0 Å². The van der Waals surface area contributed by atoms with Gasteiger partial charge >= 0.3 is 0 Å². The number of hydrogen-bond acceptors (Lipinski definition) is 5. The standard InChI is InChI=1S/C22H19ClN4O2S/c1-12-8-13(2)19(14(3)9-12)25-18(28)11-30-22-26-20(17(10-24)21(29)27-22)15-4-6-16(23)7-5-15/h4-9H,11H2,1-3H3,(H,25,28)(H,26,27,29). The van der Waals surface area contributed by atoms with Gasteiger partial charge in [-0.2, -0.15) is 5.26 Å². The summed E-state index contributed by atoms with van der Waals surface area (Å²) >= 11 is 7.01. The van der Waals surface area contributed by atoms with E-state index in [9.17, 15) is 14.9 Å². The summed E-state index contributed by atoms with van der Waals surface area (Å²) in [6.45, 7) is 5.90. The van der Waals surface area contributed by atoms with Crippen molar-refractivity contribution in [3.8, 4) is 17.3 Å². The van der Waals surface area contributed by atoms with Crippen LogP contribution in [-0.4, -0.2) is 21.6 Å². The van der Waals surface area contributed by atoms with Crippen molar-refractivity contribution in [2.75, 3.05) is 11.1 Å². The maximum absolute atomic E-state index is 12.5. The molecule has 0 spiro atoms. The van der Waals surface area contributed by atoms with Crippen LogP contribution in [0, 0.1) is 32.1 Å². The summed E-state index contributed by atoms with van der Waals surface area (Å²) in [6.07, 6.45) is 0. The van der Waals surface area contributed by atoms with Crippen molar-refractivity contribution in [1.29, 1.82) is 5.26 Å². The number of rotatable bonds is 5. The number of nitriles is 1. The molecule has 152 valence electrons. The molecular weight excluding hydrogens is 420 g/mol. The van der Waals surface area contributed by atoms with Crippen LogP contribution in [0.5, 0.6) is 0 Å². The van der Waals surface area contributed by atoms with E-state index in [0.29, 0.717) is 10.6 Å². The molecule has 0 bridgehead atoms. The van der Waals surface area contributed by atoms with Crippen molar-refractivity contribution in [2.45, 2.75) is 25.9 Å². The maximum atomic E-state index is 12.5. The first-order chi connectivity index (χ1) is 14.3. The fraction of sp³-hybridized carbons (Fsp3) is 0.182. The highest BCUT2D eigenvalue weighted by atomic mass is 35.5. The number of benzene rings is 2. The minimum Gasteiger partial charge on any atom is -0.325 e. The number of carbonyl (C=O) groups is 1. The molecule has 6 nitrogen and oxygen atoms in total. The van der Waals surface area contributed by atoms with Crippen LogP contribution >= 0.6 is 23.4 Å². The number of thioether (sulfide) groups is 1. The largest absolute Gasteiger partial charge is 0.325 e. The van der Waals surface area contributed by atoms with Crippen LogP contribution in [0.3, 0.4) is 0 Å². The third-order valence-electron chi connectivity index (χ3n) is 4.41. The van der Waals surface area contributed by atoms with Gasteiger partial charge in [0.05, 0.1) is 11.4 Å². The average molecular weight is 439 g/mol. The summed E-state index contributed by atoms with van der Waals surface area (Å²) < 4.78 is 0. The molecule has 0 saturated heterocycles. The number of anilines is 1. The van der Waals surface area contributed by atoms with Crippen molar-refractivity contribution < 1.29 is 4.79 Å². The topological polar surface area (TPSA) is 98.6 Å². The second-order valence-corrected chi connectivity index (χ2v) is 8.22. The quantitative estimate of drug-likeness (QED) is 0.447. The van der Waals surface area contributed by atoms with E-state index < -0.39 is 5.56 Å². The Bertz CT molecular complexity index is 1190. The molecule has 0 fully saturated rings. The van der Waals surface area contributed by atoms with Crippen molar-refractivity contribution in [2.24, 2.45) is 0 Å². The fourth-order valence-electron chi connectivity index (χ4n) is 3.13. The molecular formula is C22H19ClN4O2S. The highest BCUT2D eigenvalue weighted by molar-refractivity contribution is 7.99. The van der Waals surface area contributed by atoms with Crippen LogP contribution in [0.15, 0.2) is 46.3 Å². The van der Waals surface area contributed by atoms with Crippen LogP contribution in [0.2, 0.25) is 5.02 Å². The third kappa shape index (κ3) is 4.90. The van der Waals surface area contributed by atoms with Crippen LogP contribution in [-0.2, 0) is 4.79 Å². The zero-order chi connectivity index (χ0) is 21.8. The first kappa shape index (κ1) is 21.6. The molecule has 0 aliphatic carbocycles. The van der Waals surface area contributed by atoms with Crippen molar-refractivity contribution in [1.82, 2.24) is 9.97 Å². The molecule has 3 rings (SSSR count). The Morgan fingerprint density at radius 2 is 1.83 bits per heavy atom. The van der Waals surface area contributed by atoms with Gasteiger partial charge < -0.3 is 10.3 Å². The number of nitrogens with one attached hydrogen (secondary N) is 2. The number of aromatic nitrogens is 2. The van der Waals surface area contributed by atoms with Crippen LogP contribution in [0.25, 0.3) is 11.3 Å². The van der Waals surface area contributed by atoms with Crippen molar-refractivity contribution >= 4 is 35.0 Å². The molecule has 1 amide bonds. The number of amides is 1. The SMILES string of the molecule is Cc1cc(C)c(NC(=O)CSc2nc(-c3ccc(Cl)cc3)c(C#N)c(=O)[nH]2)c(C)c1. The molecule has 30 heavy (non-hydrogen) atoms. The molecule has 1 aromatic heterocycles. The lowest BCUT2D eigenvalue weighted by molar-refractivity contribution is -0.113. The lowest BCUT2D eigenvalue weighted by Gasteiger charge is -2.12. The monoisotopic (exact) mass is 438 g/mol. The smallest absolute Gasteiger partial charge is 0.270 e. The molecule has 0 radical (unpaired) electrons. The summed E-state index contributed by atoms with van der Waals surface area (Å²) in [7, 11) is 0. The van der Waals surface area contributed by atoms with Crippen LogP contribution < -0.4 is 10.9 Å². The van der Waals surface area contributed by atoms with E-state index in [4.69, 9.17) is 11.6 Å². The molecule has 0 unspecified atom stereocenters. The lowest BCUT2D eigenvalue weighted by atomic mass is 10.1. The molecule has 2 N–H and O–H groups in total. The number of hydrogen-bond donors (Lipinski definition) is 2. The van der Waals surface area contributed by atoms with E-state index in [1.54, 1.807) is 24.3 Å². The highest BCUT2D eigenvalue weighted by Gasteiger charge is 2.15. The molecule has 0 saturated carbocycles. The lowest BCUT2D eigenvalue weighted by Crippen LogP contribution is -2.18. The Morgan fingerprint density at radius 1 is 1.20 bits per heavy atom. The zero-order valence-corrected chi connectivity index (χ0v) is 18.2. The molecule has 0 aliphatic rings. The van der Waals surface area contributed by atoms with E-state index in [1.165, 1.54) is 0 Å². The third-order valence-corrected chi connectivity index (χ3v) is 5.53. The average Bonchev–Trinajstić information content (AvgIpc) is 2.69. The first-order valence-electron chi connectivity index (χ1n) is 9.09. The second-order valence-electron chi connectivity index (χ2n) is 6.82. The Labute approximate surface area is 183 Å². The molecule has 3 aromatic rings. The van der Waals surface area contributed by atoms with Gasteiger partial charge in [-0.05, 0) is 44.0 Å². The molecule has 8 heteroatoms. The number of halogens is 1. The van der Waals surface area contributed by atoms with E-state index in [2.05, 4.69) is 15.3 Å². The number of carbonyl (C=O) groups excluding carboxylic acids is 1. The number of nitrogens with zero attached hydrogens (tertiary/aromatic N) is 2. The van der Waals surface area contributed by atoms with Gasteiger partial charge in [0.2, 0.25) is 5.91 Å². The minimum absolute atomic E-state index is 0.0572. The summed E-state index contributed by atoms with van der Waals surface area (Å²) in [6, 6.07) is 12.6. The Kier molecular flexibility index (Phi) is 6.60. The van der Waals surface area contributed by atoms with Gasteiger partial charge in [-0.25, -0.2) is 4.98 Å². The maximum Gasteiger partial charge on any atom is 0.270 e. The number of H-pyrrole nitrogens is 1. The Hall–Kier alpha value is -3.08. The minimum atomic E-state index is -0.550. The van der Waals surface area contributed by atoms with Crippen molar-refractivity contribution in [3.05, 3.63) is 74.0 Å². The summed E-state index contributed by atoms with van der Waals surface area (Å²) in [5.74, 6) is -0.156. The molecule has 0 atom stereocenters.